The molecule has 132 valence electrons. The molecule has 25 heavy (non-hydrogen) atoms. The van der Waals surface area contributed by atoms with Gasteiger partial charge in [0.15, 0.2) is 0 Å². The summed E-state index contributed by atoms with van der Waals surface area (Å²) in [5, 5.41) is 13.4. The predicted molar refractivity (Wildman–Crippen MR) is 99.2 cm³/mol. The van der Waals surface area contributed by atoms with Gasteiger partial charge in [-0.1, -0.05) is 13.8 Å². The first-order valence-corrected chi connectivity index (χ1v) is 8.32. The van der Waals surface area contributed by atoms with Crippen LogP contribution in [0.25, 0.3) is 0 Å². The van der Waals surface area contributed by atoms with Gasteiger partial charge in [-0.2, -0.15) is 5.10 Å². The number of hydrogen-bond donors (Lipinski definition) is 2. The summed E-state index contributed by atoms with van der Waals surface area (Å²) in [4.78, 5) is 12.2. The summed E-state index contributed by atoms with van der Waals surface area (Å²) in [6, 6.07) is 13.6. The lowest BCUT2D eigenvalue weighted by Gasteiger charge is -2.08. The Morgan fingerprint density at radius 2 is 1.68 bits per heavy atom. The third kappa shape index (κ3) is 5.95. The minimum absolute atomic E-state index is 0.191. The topological polar surface area (TPSA) is 70.9 Å². The van der Waals surface area contributed by atoms with Crippen molar-refractivity contribution in [2.45, 2.75) is 27.2 Å². The van der Waals surface area contributed by atoms with E-state index < -0.39 is 0 Å². The van der Waals surface area contributed by atoms with Crippen molar-refractivity contribution in [1.82, 2.24) is 5.43 Å². The van der Waals surface area contributed by atoms with E-state index in [1.807, 2.05) is 0 Å². The molecule has 2 aromatic carbocycles. The Balaban J connectivity index is 1.91. The van der Waals surface area contributed by atoms with Gasteiger partial charge in [0, 0.05) is 5.56 Å². The zero-order valence-corrected chi connectivity index (χ0v) is 14.8. The molecular formula is C20H24N2O3. The summed E-state index contributed by atoms with van der Waals surface area (Å²) < 4.78 is 5.64. The van der Waals surface area contributed by atoms with E-state index in [1.54, 1.807) is 55.5 Å². The summed E-state index contributed by atoms with van der Waals surface area (Å²) in [5.74, 6) is 1.25. The second-order valence-electron chi connectivity index (χ2n) is 6.24. The number of aromatic hydroxyl groups is 1. The highest BCUT2D eigenvalue weighted by atomic mass is 16.5. The maximum absolute atomic E-state index is 12.2. The van der Waals surface area contributed by atoms with E-state index in [0.29, 0.717) is 23.8 Å². The molecule has 2 aromatic rings. The van der Waals surface area contributed by atoms with Crippen molar-refractivity contribution in [2.75, 3.05) is 6.61 Å². The highest BCUT2D eigenvalue weighted by Gasteiger charge is 2.06. The molecule has 0 radical (unpaired) electrons. The van der Waals surface area contributed by atoms with Crippen LogP contribution in [-0.4, -0.2) is 23.3 Å². The zero-order valence-electron chi connectivity index (χ0n) is 14.8. The molecule has 2 rings (SSSR count). The molecule has 2 N–H and O–H groups in total. The highest BCUT2D eigenvalue weighted by molar-refractivity contribution is 6.00. The molecule has 0 heterocycles. The van der Waals surface area contributed by atoms with Gasteiger partial charge in [0.1, 0.15) is 11.5 Å². The molecule has 0 saturated carbocycles. The predicted octanol–water partition coefficient (Wildman–Crippen LogP) is 3.97. The molecule has 0 unspecified atom stereocenters. The van der Waals surface area contributed by atoms with E-state index in [1.165, 1.54) is 0 Å². The Kier molecular flexibility index (Phi) is 6.57. The van der Waals surface area contributed by atoms with Gasteiger partial charge in [-0.05, 0) is 73.4 Å². The van der Waals surface area contributed by atoms with E-state index >= 15 is 0 Å². The number of ether oxygens (including phenoxy) is 1. The number of hydrazone groups is 1. The Bertz CT molecular complexity index is 720. The van der Waals surface area contributed by atoms with E-state index in [4.69, 9.17) is 4.74 Å². The summed E-state index contributed by atoms with van der Waals surface area (Å²) in [5.41, 5.74) is 4.53. The minimum Gasteiger partial charge on any atom is -0.508 e. The molecule has 0 saturated heterocycles. The molecule has 0 aliphatic heterocycles. The first-order chi connectivity index (χ1) is 12.0. The Morgan fingerprint density at radius 1 is 1.08 bits per heavy atom. The number of rotatable bonds is 7. The number of nitrogens with one attached hydrogen (secondary N) is 1. The number of hydrogen-bond acceptors (Lipinski definition) is 4. The van der Waals surface area contributed by atoms with Crippen molar-refractivity contribution in [2.24, 2.45) is 11.0 Å². The van der Waals surface area contributed by atoms with Gasteiger partial charge in [0.2, 0.25) is 0 Å². The lowest BCUT2D eigenvalue weighted by Crippen LogP contribution is -2.19. The second-order valence-corrected chi connectivity index (χ2v) is 6.24. The van der Waals surface area contributed by atoms with Gasteiger partial charge < -0.3 is 9.84 Å². The average molecular weight is 340 g/mol. The standard InChI is InChI=1S/C20H24N2O3/c1-14(2)12-13-25-19-10-6-17(7-11-19)20(24)22-21-15(3)16-4-8-18(23)9-5-16/h4-11,14,23H,12-13H2,1-3H3,(H,22,24). The average Bonchev–Trinajstić information content (AvgIpc) is 2.60. The third-order valence-electron chi connectivity index (χ3n) is 3.69. The number of phenols is 1. The van der Waals surface area contributed by atoms with Crippen LogP contribution in [0.1, 0.15) is 43.1 Å². The first-order valence-electron chi connectivity index (χ1n) is 8.32. The van der Waals surface area contributed by atoms with Crippen LogP contribution < -0.4 is 10.2 Å². The summed E-state index contributed by atoms with van der Waals surface area (Å²) >= 11 is 0. The number of amides is 1. The lowest BCUT2D eigenvalue weighted by molar-refractivity contribution is 0.0955. The first kappa shape index (κ1) is 18.5. The summed E-state index contributed by atoms with van der Waals surface area (Å²) in [6.07, 6.45) is 0.994. The SMILES string of the molecule is CC(=NNC(=O)c1ccc(OCCC(C)C)cc1)c1ccc(O)cc1. The zero-order chi connectivity index (χ0) is 18.2. The maximum atomic E-state index is 12.2. The number of phenolic OH excluding ortho intramolecular Hbond substituents is 1. The van der Waals surface area contributed by atoms with Crippen molar-refractivity contribution >= 4 is 11.6 Å². The third-order valence-corrected chi connectivity index (χ3v) is 3.69. The van der Waals surface area contributed by atoms with Crippen LogP contribution in [0.15, 0.2) is 53.6 Å². The van der Waals surface area contributed by atoms with E-state index in [-0.39, 0.29) is 11.7 Å². The Labute approximate surface area is 148 Å². The molecular weight excluding hydrogens is 316 g/mol. The second kappa shape index (κ2) is 8.87. The lowest BCUT2D eigenvalue weighted by atomic mass is 10.1. The molecule has 0 bridgehead atoms. The van der Waals surface area contributed by atoms with Crippen LogP contribution in [-0.2, 0) is 0 Å². The van der Waals surface area contributed by atoms with Gasteiger partial charge in [-0.3, -0.25) is 4.79 Å². The molecule has 5 heteroatoms. The van der Waals surface area contributed by atoms with Crippen LogP contribution in [0.4, 0.5) is 0 Å². The Hall–Kier alpha value is -2.82. The number of benzene rings is 2. The van der Waals surface area contributed by atoms with Gasteiger partial charge in [-0.25, -0.2) is 5.43 Å². The molecule has 0 atom stereocenters. The number of carbonyl (C=O) groups excluding carboxylic acids is 1. The normalized spacial score (nSPS) is 11.4. The number of nitrogens with zero attached hydrogens (tertiary/aromatic N) is 1. The molecule has 5 nitrogen and oxygen atoms in total. The minimum atomic E-state index is -0.285. The quantitative estimate of drug-likeness (QED) is 0.592. The van der Waals surface area contributed by atoms with E-state index in [0.717, 1.165) is 17.7 Å². The smallest absolute Gasteiger partial charge is 0.271 e. The van der Waals surface area contributed by atoms with Gasteiger partial charge in [0.25, 0.3) is 5.91 Å². The fraction of sp³-hybridized carbons (Fsp3) is 0.300. The molecule has 0 spiro atoms. The maximum Gasteiger partial charge on any atom is 0.271 e. The Morgan fingerprint density at radius 3 is 2.28 bits per heavy atom. The molecule has 0 aromatic heterocycles. The summed E-state index contributed by atoms with van der Waals surface area (Å²) in [6.45, 7) is 6.76. The molecule has 1 amide bonds. The monoisotopic (exact) mass is 340 g/mol. The van der Waals surface area contributed by atoms with Crippen molar-refractivity contribution < 1.29 is 14.6 Å². The van der Waals surface area contributed by atoms with Crippen molar-refractivity contribution in [3.8, 4) is 11.5 Å². The van der Waals surface area contributed by atoms with Crippen molar-refractivity contribution in [3.05, 3.63) is 59.7 Å². The number of carbonyl (C=O) groups is 1. The van der Waals surface area contributed by atoms with E-state index in [9.17, 15) is 9.90 Å². The largest absolute Gasteiger partial charge is 0.508 e. The van der Waals surface area contributed by atoms with Crippen LogP contribution in [0.2, 0.25) is 0 Å². The van der Waals surface area contributed by atoms with Crippen molar-refractivity contribution in [3.63, 3.8) is 0 Å². The van der Waals surface area contributed by atoms with Gasteiger partial charge in [0.05, 0.1) is 12.3 Å². The van der Waals surface area contributed by atoms with Crippen LogP contribution in [0.3, 0.4) is 0 Å². The van der Waals surface area contributed by atoms with Gasteiger partial charge in [-0.15, -0.1) is 0 Å². The van der Waals surface area contributed by atoms with Crippen LogP contribution in [0, 0.1) is 5.92 Å². The van der Waals surface area contributed by atoms with Crippen LogP contribution in [0.5, 0.6) is 11.5 Å². The fourth-order valence-corrected chi connectivity index (χ4v) is 2.08. The van der Waals surface area contributed by atoms with Crippen LogP contribution >= 0.6 is 0 Å². The van der Waals surface area contributed by atoms with Crippen molar-refractivity contribution in [1.29, 1.82) is 0 Å². The van der Waals surface area contributed by atoms with E-state index in [2.05, 4.69) is 24.4 Å². The van der Waals surface area contributed by atoms with Gasteiger partial charge >= 0.3 is 0 Å². The molecule has 0 aliphatic carbocycles. The molecule has 0 fully saturated rings. The fourth-order valence-electron chi connectivity index (χ4n) is 2.08. The summed E-state index contributed by atoms with van der Waals surface area (Å²) in [7, 11) is 0. The molecule has 0 aliphatic rings. The highest BCUT2D eigenvalue weighted by Crippen LogP contribution is 2.14.